The lowest BCUT2D eigenvalue weighted by molar-refractivity contribution is -0.119. The molecule has 16 heavy (non-hydrogen) atoms. The molecule has 0 spiro atoms. The first kappa shape index (κ1) is 14.9. The smallest absolute Gasteiger partial charge is 0.136 e. The molecule has 1 heteroatoms. The summed E-state index contributed by atoms with van der Waals surface area (Å²) in [6, 6.07) is 0. The van der Waals surface area contributed by atoms with Crippen molar-refractivity contribution >= 4 is 5.78 Å². The summed E-state index contributed by atoms with van der Waals surface area (Å²) in [4.78, 5) is 11.3. The second-order valence-corrected chi connectivity index (χ2v) is 4.71. The van der Waals surface area contributed by atoms with Crippen LogP contribution in [0.25, 0.3) is 0 Å². The van der Waals surface area contributed by atoms with Crippen molar-refractivity contribution in [2.45, 2.75) is 41.0 Å². The summed E-state index contributed by atoms with van der Waals surface area (Å²) in [5, 5.41) is 0. The molecule has 90 valence electrons. The van der Waals surface area contributed by atoms with Crippen LogP contribution in [0, 0.1) is 11.8 Å². The number of hydrogen-bond acceptors (Lipinski definition) is 1. The van der Waals surface area contributed by atoms with Crippen molar-refractivity contribution in [1.82, 2.24) is 0 Å². The molecule has 1 nitrogen and oxygen atoms in total. The molecule has 0 aromatic carbocycles. The summed E-state index contributed by atoms with van der Waals surface area (Å²) < 4.78 is 0. The first-order chi connectivity index (χ1) is 7.38. The van der Waals surface area contributed by atoms with Gasteiger partial charge in [-0.05, 0) is 31.8 Å². The molecule has 0 aliphatic carbocycles. The number of allylic oxidation sites excluding steroid dienone is 5. The molecule has 0 fully saturated rings. The van der Waals surface area contributed by atoms with Gasteiger partial charge in [0, 0.05) is 5.92 Å². The van der Waals surface area contributed by atoms with Crippen LogP contribution < -0.4 is 0 Å². The van der Waals surface area contributed by atoms with E-state index in [1.165, 1.54) is 0 Å². The van der Waals surface area contributed by atoms with Gasteiger partial charge in [0.25, 0.3) is 0 Å². The highest BCUT2D eigenvalue weighted by Gasteiger charge is 2.09. The Kier molecular flexibility index (Phi) is 6.71. The largest absolute Gasteiger partial charge is 0.299 e. The first-order valence-corrected chi connectivity index (χ1v) is 5.91. The van der Waals surface area contributed by atoms with Gasteiger partial charge in [-0.3, -0.25) is 4.79 Å². The Hall–Kier alpha value is -1.11. The standard InChI is InChI=1S/C15H24O/c1-7-15(13(5)14(6)16)9-8-12(4)10-11(2)3/h7-9,11,13H,4,10H2,1-3,5-6H3/b9-8-,15-7+. The van der Waals surface area contributed by atoms with Crippen molar-refractivity contribution in [2.75, 3.05) is 0 Å². The third kappa shape index (κ3) is 5.69. The number of ketones is 1. The SMILES string of the molecule is C=C(/C=C\C(=C/C)C(C)C(C)=O)CC(C)C. The van der Waals surface area contributed by atoms with E-state index >= 15 is 0 Å². The predicted octanol–water partition coefficient (Wildman–Crippen LogP) is 4.32. The average Bonchev–Trinajstić information content (AvgIpc) is 2.16. The highest BCUT2D eigenvalue weighted by atomic mass is 16.1. The number of Topliss-reactive ketones (excluding diaryl/α,β-unsaturated/α-hetero) is 1. The maximum Gasteiger partial charge on any atom is 0.136 e. The van der Waals surface area contributed by atoms with Crippen molar-refractivity contribution in [1.29, 1.82) is 0 Å². The van der Waals surface area contributed by atoms with Crippen LogP contribution in [0.2, 0.25) is 0 Å². The van der Waals surface area contributed by atoms with Crippen molar-refractivity contribution in [3.63, 3.8) is 0 Å². The summed E-state index contributed by atoms with van der Waals surface area (Å²) in [6.07, 6.45) is 7.03. The highest BCUT2D eigenvalue weighted by Crippen LogP contribution is 2.16. The van der Waals surface area contributed by atoms with Crippen molar-refractivity contribution in [3.05, 3.63) is 36.0 Å². The lowest BCUT2D eigenvalue weighted by Gasteiger charge is -2.09. The van der Waals surface area contributed by atoms with E-state index in [1.54, 1.807) is 6.92 Å². The van der Waals surface area contributed by atoms with E-state index in [2.05, 4.69) is 20.4 Å². The third-order valence-electron chi connectivity index (χ3n) is 2.63. The zero-order valence-electron chi connectivity index (χ0n) is 11.2. The van der Waals surface area contributed by atoms with Crippen LogP contribution in [-0.4, -0.2) is 5.78 Å². The molecule has 0 saturated carbocycles. The minimum Gasteiger partial charge on any atom is -0.299 e. The van der Waals surface area contributed by atoms with Crippen LogP contribution in [0.4, 0.5) is 0 Å². The quantitative estimate of drug-likeness (QED) is 0.609. The van der Waals surface area contributed by atoms with Crippen molar-refractivity contribution in [3.8, 4) is 0 Å². The molecule has 0 aliphatic rings. The van der Waals surface area contributed by atoms with Gasteiger partial charge in [0.2, 0.25) is 0 Å². The minimum atomic E-state index is -0.0203. The van der Waals surface area contributed by atoms with E-state index in [4.69, 9.17) is 0 Å². The summed E-state index contributed by atoms with van der Waals surface area (Å²) >= 11 is 0. The molecule has 0 bridgehead atoms. The van der Waals surface area contributed by atoms with E-state index in [1.807, 2.05) is 32.1 Å². The minimum absolute atomic E-state index is 0.0203. The fourth-order valence-corrected chi connectivity index (χ4v) is 1.53. The number of rotatable bonds is 6. The average molecular weight is 220 g/mol. The van der Waals surface area contributed by atoms with E-state index in [0.717, 1.165) is 17.6 Å². The van der Waals surface area contributed by atoms with Gasteiger partial charge in [0.05, 0.1) is 0 Å². The zero-order chi connectivity index (χ0) is 12.7. The Bertz CT molecular complexity index is 305. The summed E-state index contributed by atoms with van der Waals surface area (Å²) in [5.74, 6) is 0.803. The van der Waals surface area contributed by atoms with Gasteiger partial charge in [-0.1, -0.05) is 51.2 Å². The maximum atomic E-state index is 11.3. The third-order valence-corrected chi connectivity index (χ3v) is 2.63. The van der Waals surface area contributed by atoms with Gasteiger partial charge >= 0.3 is 0 Å². The maximum absolute atomic E-state index is 11.3. The number of carbonyl (C=O) groups is 1. The Morgan fingerprint density at radius 3 is 2.19 bits per heavy atom. The summed E-state index contributed by atoms with van der Waals surface area (Å²) in [6.45, 7) is 13.9. The van der Waals surface area contributed by atoms with Gasteiger partial charge in [0.1, 0.15) is 5.78 Å². The van der Waals surface area contributed by atoms with Gasteiger partial charge in [-0.25, -0.2) is 0 Å². The lowest BCUT2D eigenvalue weighted by Crippen LogP contribution is -2.07. The second-order valence-electron chi connectivity index (χ2n) is 4.71. The van der Waals surface area contributed by atoms with E-state index in [-0.39, 0.29) is 11.7 Å². The summed E-state index contributed by atoms with van der Waals surface area (Å²) in [7, 11) is 0. The van der Waals surface area contributed by atoms with Gasteiger partial charge < -0.3 is 0 Å². The molecular formula is C15H24O. The van der Waals surface area contributed by atoms with Gasteiger partial charge in [0.15, 0.2) is 0 Å². The van der Waals surface area contributed by atoms with Crippen LogP contribution in [0.15, 0.2) is 36.0 Å². The monoisotopic (exact) mass is 220 g/mol. The first-order valence-electron chi connectivity index (χ1n) is 5.91. The normalized spacial score (nSPS) is 14.5. The van der Waals surface area contributed by atoms with Crippen molar-refractivity contribution < 1.29 is 4.79 Å². The van der Waals surface area contributed by atoms with Crippen LogP contribution in [0.5, 0.6) is 0 Å². The van der Waals surface area contributed by atoms with E-state index < -0.39 is 0 Å². The Morgan fingerprint density at radius 2 is 1.81 bits per heavy atom. The molecular weight excluding hydrogens is 196 g/mol. The number of carbonyl (C=O) groups excluding carboxylic acids is 1. The van der Waals surface area contributed by atoms with Crippen LogP contribution in [0.1, 0.15) is 41.0 Å². The molecule has 0 N–H and O–H groups in total. The fourth-order valence-electron chi connectivity index (χ4n) is 1.53. The van der Waals surface area contributed by atoms with Gasteiger partial charge in [-0.2, -0.15) is 0 Å². The molecule has 1 unspecified atom stereocenters. The molecule has 0 rings (SSSR count). The molecule has 0 aromatic rings. The second kappa shape index (κ2) is 7.21. The summed E-state index contributed by atoms with van der Waals surface area (Å²) in [5.41, 5.74) is 2.18. The Balaban J connectivity index is 4.51. The van der Waals surface area contributed by atoms with E-state index in [9.17, 15) is 4.79 Å². The zero-order valence-corrected chi connectivity index (χ0v) is 11.2. The van der Waals surface area contributed by atoms with Crippen LogP contribution in [0.3, 0.4) is 0 Å². The Labute approximate surface area is 99.9 Å². The van der Waals surface area contributed by atoms with Crippen molar-refractivity contribution in [2.24, 2.45) is 11.8 Å². The fraction of sp³-hybridized carbons (Fsp3) is 0.533. The van der Waals surface area contributed by atoms with Gasteiger partial charge in [-0.15, -0.1) is 0 Å². The molecule has 0 heterocycles. The van der Waals surface area contributed by atoms with E-state index in [0.29, 0.717) is 5.92 Å². The predicted molar refractivity (Wildman–Crippen MR) is 71.3 cm³/mol. The molecule has 0 radical (unpaired) electrons. The molecule has 1 atom stereocenters. The Morgan fingerprint density at radius 1 is 1.25 bits per heavy atom. The molecule has 0 aliphatic heterocycles. The highest BCUT2D eigenvalue weighted by molar-refractivity contribution is 5.81. The van der Waals surface area contributed by atoms with Crippen LogP contribution >= 0.6 is 0 Å². The lowest BCUT2D eigenvalue weighted by atomic mass is 9.95. The van der Waals surface area contributed by atoms with Crippen LogP contribution in [-0.2, 0) is 4.79 Å². The molecule has 0 amide bonds. The topological polar surface area (TPSA) is 17.1 Å². The molecule has 0 aromatic heterocycles. The number of hydrogen-bond donors (Lipinski definition) is 0. The molecule has 0 saturated heterocycles.